The second-order valence-electron chi connectivity index (χ2n) is 13.3. The smallest absolute Gasteiger partial charge is 0.119 e. The van der Waals surface area contributed by atoms with Crippen molar-refractivity contribution in [1.29, 1.82) is 0 Å². The molecule has 0 saturated heterocycles. The van der Waals surface area contributed by atoms with Crippen LogP contribution < -0.4 is 4.74 Å². The molecule has 0 unspecified atom stereocenters. The van der Waals surface area contributed by atoms with Gasteiger partial charge in [0.1, 0.15) is 5.75 Å². The summed E-state index contributed by atoms with van der Waals surface area (Å²) in [6.07, 6.45) is 0. The predicted octanol–water partition coefficient (Wildman–Crippen LogP) is 13.3. The van der Waals surface area contributed by atoms with Gasteiger partial charge in [0, 0.05) is 16.5 Å². The predicted molar refractivity (Wildman–Crippen MR) is 216 cm³/mol. The summed E-state index contributed by atoms with van der Waals surface area (Å²) in [6.45, 7) is 0. The molecule has 0 aliphatic heterocycles. The minimum atomic E-state index is 0.851. The second-order valence-corrected chi connectivity index (χ2v) is 13.3. The van der Waals surface area contributed by atoms with Crippen LogP contribution in [0.2, 0.25) is 0 Å². The molecule has 1 heterocycles. The van der Waals surface area contributed by atoms with Gasteiger partial charge in [-0.25, -0.2) is 0 Å². The normalized spacial score (nSPS) is 11.6. The number of fused-ring (bicyclic) bond motifs is 9. The number of methoxy groups -OCH3 is 1. The van der Waals surface area contributed by atoms with Crippen LogP contribution in [-0.2, 0) is 0 Å². The highest BCUT2D eigenvalue weighted by atomic mass is 16.5. The maximum atomic E-state index is 5.71. The van der Waals surface area contributed by atoms with Crippen LogP contribution >= 0.6 is 0 Å². The molecule has 2 nitrogen and oxygen atoms in total. The van der Waals surface area contributed by atoms with E-state index in [4.69, 9.17) is 4.74 Å². The summed E-state index contributed by atoms with van der Waals surface area (Å²) in [4.78, 5) is 0. The number of ether oxygens (including phenoxy) is 1. The lowest BCUT2D eigenvalue weighted by atomic mass is 9.91. The molecule has 0 amide bonds. The molecule has 10 rings (SSSR count). The van der Waals surface area contributed by atoms with E-state index in [0.717, 1.165) is 22.5 Å². The fourth-order valence-corrected chi connectivity index (χ4v) is 8.01. The molecule has 2 heteroatoms. The molecular weight excluding hydrogens is 619 g/mol. The molecule has 0 aliphatic rings. The topological polar surface area (TPSA) is 14.2 Å². The summed E-state index contributed by atoms with van der Waals surface area (Å²) >= 11 is 0. The SMILES string of the molecule is COc1ccc2c(c1)c1cc(-c3cccc(-c4ccc5c6ccccc6c6ccccc6c5c4)c3)ccc1n2-c1cccc(-c2ccccc2)c1. The lowest BCUT2D eigenvalue weighted by Gasteiger charge is -2.13. The number of hydrogen-bond donors (Lipinski definition) is 0. The molecule has 0 atom stereocenters. The molecular formula is C49H33NO. The Morgan fingerprint density at radius 2 is 0.784 bits per heavy atom. The summed E-state index contributed by atoms with van der Waals surface area (Å²) in [6, 6.07) is 66.1. The van der Waals surface area contributed by atoms with Gasteiger partial charge >= 0.3 is 0 Å². The van der Waals surface area contributed by atoms with Crippen LogP contribution in [0.5, 0.6) is 5.75 Å². The van der Waals surface area contributed by atoms with Crippen molar-refractivity contribution in [2.75, 3.05) is 7.11 Å². The van der Waals surface area contributed by atoms with Crippen LogP contribution in [0.25, 0.3) is 93.2 Å². The first kappa shape index (κ1) is 29.3. The van der Waals surface area contributed by atoms with Gasteiger partial charge < -0.3 is 9.30 Å². The zero-order chi connectivity index (χ0) is 33.9. The Labute approximate surface area is 296 Å². The van der Waals surface area contributed by atoms with E-state index in [9.17, 15) is 0 Å². The van der Waals surface area contributed by atoms with E-state index >= 15 is 0 Å². The molecule has 0 radical (unpaired) electrons. The number of rotatable bonds is 5. The first-order valence-electron chi connectivity index (χ1n) is 17.5. The highest BCUT2D eigenvalue weighted by Crippen LogP contribution is 2.40. The molecule has 10 aromatic rings. The van der Waals surface area contributed by atoms with Crippen LogP contribution in [0, 0.1) is 0 Å². The molecule has 0 spiro atoms. The Hall–Kier alpha value is -6.64. The number of benzene rings is 9. The summed E-state index contributed by atoms with van der Waals surface area (Å²) < 4.78 is 8.09. The van der Waals surface area contributed by atoms with Gasteiger partial charge in [0.05, 0.1) is 18.1 Å². The van der Waals surface area contributed by atoms with Crippen molar-refractivity contribution >= 4 is 54.1 Å². The molecule has 51 heavy (non-hydrogen) atoms. The Balaban J connectivity index is 1.12. The lowest BCUT2D eigenvalue weighted by molar-refractivity contribution is 0.415. The van der Waals surface area contributed by atoms with Crippen molar-refractivity contribution in [3.05, 3.63) is 182 Å². The van der Waals surface area contributed by atoms with Crippen LogP contribution in [0.15, 0.2) is 182 Å². The minimum Gasteiger partial charge on any atom is -0.497 e. The summed E-state index contributed by atoms with van der Waals surface area (Å²) in [5, 5.41) is 10.1. The van der Waals surface area contributed by atoms with E-state index in [2.05, 4.69) is 187 Å². The quantitative estimate of drug-likeness (QED) is 0.169. The lowest BCUT2D eigenvalue weighted by Crippen LogP contribution is -1.94. The van der Waals surface area contributed by atoms with Crippen molar-refractivity contribution in [3.63, 3.8) is 0 Å². The third kappa shape index (κ3) is 4.80. The van der Waals surface area contributed by atoms with Crippen LogP contribution in [-0.4, -0.2) is 11.7 Å². The van der Waals surface area contributed by atoms with Gasteiger partial charge in [0.15, 0.2) is 0 Å². The first-order chi connectivity index (χ1) is 25.2. The van der Waals surface area contributed by atoms with Crippen molar-refractivity contribution in [2.24, 2.45) is 0 Å². The Morgan fingerprint density at radius 3 is 1.45 bits per heavy atom. The molecule has 9 aromatic carbocycles. The van der Waals surface area contributed by atoms with Gasteiger partial charge in [-0.3, -0.25) is 0 Å². The molecule has 240 valence electrons. The van der Waals surface area contributed by atoms with E-state index < -0.39 is 0 Å². The highest BCUT2D eigenvalue weighted by molar-refractivity contribution is 6.25. The Bertz CT molecular complexity index is 2920. The summed E-state index contributed by atoms with van der Waals surface area (Å²) in [5.74, 6) is 0.851. The molecule has 1 aromatic heterocycles. The standard InChI is InChI=1S/C49H33NO/c1-51-39-23-26-49-47(31-39)46-30-37(22-25-48(46)50(49)38-16-10-15-35(28-38)32-11-3-2-4-12-32)34-14-9-13-33(27-34)36-21-24-44-42-19-6-5-17-40(42)41-18-7-8-20-43(41)45(44)29-36/h2-31H,1H3. The second kappa shape index (κ2) is 11.8. The van der Waals surface area contributed by atoms with Gasteiger partial charge in [-0.1, -0.05) is 127 Å². The van der Waals surface area contributed by atoms with E-state index in [1.165, 1.54) is 76.5 Å². The third-order valence-electron chi connectivity index (χ3n) is 10.5. The maximum absolute atomic E-state index is 5.71. The van der Waals surface area contributed by atoms with Crippen LogP contribution in [0.3, 0.4) is 0 Å². The average molecular weight is 652 g/mol. The first-order valence-corrected chi connectivity index (χ1v) is 17.5. The largest absolute Gasteiger partial charge is 0.497 e. The molecule has 0 aliphatic carbocycles. The Morgan fingerprint density at radius 1 is 0.314 bits per heavy atom. The molecule has 0 fully saturated rings. The van der Waals surface area contributed by atoms with Gasteiger partial charge in [0.25, 0.3) is 0 Å². The van der Waals surface area contributed by atoms with Crippen molar-refractivity contribution in [3.8, 4) is 44.8 Å². The van der Waals surface area contributed by atoms with Gasteiger partial charge in [-0.15, -0.1) is 0 Å². The number of hydrogen-bond acceptors (Lipinski definition) is 1. The van der Waals surface area contributed by atoms with E-state index in [0.29, 0.717) is 0 Å². The van der Waals surface area contributed by atoms with Crippen molar-refractivity contribution < 1.29 is 4.74 Å². The minimum absolute atomic E-state index is 0.851. The van der Waals surface area contributed by atoms with Crippen LogP contribution in [0.4, 0.5) is 0 Å². The number of nitrogens with zero attached hydrogens (tertiary/aromatic N) is 1. The van der Waals surface area contributed by atoms with Gasteiger partial charge in [0.2, 0.25) is 0 Å². The van der Waals surface area contributed by atoms with E-state index in [1.807, 2.05) is 0 Å². The molecule has 0 bridgehead atoms. The zero-order valence-corrected chi connectivity index (χ0v) is 28.2. The van der Waals surface area contributed by atoms with E-state index in [-0.39, 0.29) is 0 Å². The third-order valence-corrected chi connectivity index (χ3v) is 10.5. The highest BCUT2D eigenvalue weighted by Gasteiger charge is 2.16. The molecule has 0 saturated carbocycles. The number of aromatic nitrogens is 1. The fraction of sp³-hybridized carbons (Fsp3) is 0.0204. The maximum Gasteiger partial charge on any atom is 0.119 e. The summed E-state index contributed by atoms with van der Waals surface area (Å²) in [7, 11) is 1.73. The Kier molecular flexibility index (Phi) is 6.75. The van der Waals surface area contributed by atoms with Crippen molar-refractivity contribution in [2.45, 2.75) is 0 Å². The van der Waals surface area contributed by atoms with Gasteiger partial charge in [-0.2, -0.15) is 0 Å². The van der Waals surface area contributed by atoms with Crippen molar-refractivity contribution in [1.82, 2.24) is 4.57 Å². The zero-order valence-electron chi connectivity index (χ0n) is 28.2. The van der Waals surface area contributed by atoms with Gasteiger partial charge in [-0.05, 0) is 120 Å². The molecule has 0 N–H and O–H groups in total. The van der Waals surface area contributed by atoms with E-state index in [1.54, 1.807) is 7.11 Å². The summed E-state index contributed by atoms with van der Waals surface area (Å²) in [5.41, 5.74) is 10.6. The average Bonchev–Trinajstić information content (AvgIpc) is 3.54. The monoisotopic (exact) mass is 651 g/mol. The van der Waals surface area contributed by atoms with Crippen LogP contribution in [0.1, 0.15) is 0 Å². The fourth-order valence-electron chi connectivity index (χ4n) is 8.01.